The Bertz CT molecular complexity index is 244. The molecule has 1 aliphatic heterocycles. The van der Waals surface area contributed by atoms with Crippen LogP contribution >= 0.6 is 12.4 Å². The highest BCUT2D eigenvalue weighted by Gasteiger charge is 2.11. The van der Waals surface area contributed by atoms with Gasteiger partial charge in [-0.25, -0.2) is 0 Å². The Morgan fingerprint density at radius 3 is 1.52 bits per heavy atom. The zero-order valence-corrected chi connectivity index (χ0v) is 17.9. The van der Waals surface area contributed by atoms with Crippen molar-refractivity contribution in [3.8, 4) is 0 Å². The minimum atomic E-state index is 0. The lowest BCUT2D eigenvalue weighted by atomic mass is 10.0. The summed E-state index contributed by atoms with van der Waals surface area (Å²) in [5.74, 6) is 0. The van der Waals surface area contributed by atoms with Crippen molar-refractivity contribution in [1.29, 1.82) is 0 Å². The molecule has 1 unspecified atom stereocenters. The van der Waals surface area contributed by atoms with Crippen LogP contribution in [0, 0.1) is 0 Å². The average molecular weight is 376 g/mol. The molecule has 1 saturated heterocycles. The van der Waals surface area contributed by atoms with E-state index in [0.717, 1.165) is 19.7 Å². The lowest BCUT2D eigenvalue weighted by Crippen LogP contribution is -2.38. The first-order valence-electron chi connectivity index (χ1n) is 11.3. The van der Waals surface area contributed by atoms with Crippen LogP contribution in [0.25, 0.3) is 0 Å². The maximum Gasteiger partial charge on any atom is 0.0700 e. The van der Waals surface area contributed by atoms with Crippen LogP contribution in [0.4, 0.5) is 0 Å². The molecule has 1 heterocycles. The van der Waals surface area contributed by atoms with Gasteiger partial charge in [0.15, 0.2) is 0 Å². The molecule has 1 aliphatic rings. The Hall–Kier alpha value is 0.210. The molecule has 1 atom stereocenters. The van der Waals surface area contributed by atoms with Crippen molar-refractivity contribution in [2.75, 3.05) is 19.7 Å². The molecule has 2 nitrogen and oxygen atoms in total. The molecule has 1 rings (SSSR count). The van der Waals surface area contributed by atoms with Crippen LogP contribution in [0.3, 0.4) is 0 Å². The van der Waals surface area contributed by atoms with Crippen LogP contribution in [0.15, 0.2) is 0 Å². The number of hydrogen-bond donors (Lipinski definition) is 1. The van der Waals surface area contributed by atoms with Crippen LogP contribution in [-0.4, -0.2) is 25.8 Å². The molecule has 0 aliphatic carbocycles. The minimum Gasteiger partial charge on any atom is -0.376 e. The molecule has 1 N–H and O–H groups in total. The molecule has 0 aromatic rings. The van der Waals surface area contributed by atoms with Crippen molar-refractivity contribution in [2.24, 2.45) is 0 Å². The van der Waals surface area contributed by atoms with E-state index in [-0.39, 0.29) is 12.4 Å². The number of halogens is 1. The van der Waals surface area contributed by atoms with Crippen LogP contribution in [-0.2, 0) is 4.74 Å². The van der Waals surface area contributed by atoms with Crippen molar-refractivity contribution in [3.05, 3.63) is 0 Å². The summed E-state index contributed by atoms with van der Waals surface area (Å²) in [6, 6.07) is 0. The monoisotopic (exact) mass is 375 g/mol. The predicted molar refractivity (Wildman–Crippen MR) is 114 cm³/mol. The number of hydrogen-bond acceptors (Lipinski definition) is 2. The number of unbranched alkanes of at least 4 members (excludes halogenated alkanes) is 15. The molecule has 3 heteroatoms. The van der Waals surface area contributed by atoms with Gasteiger partial charge in [-0.05, 0) is 6.42 Å². The Kier molecular flexibility index (Phi) is 20.7. The second kappa shape index (κ2) is 20.5. The molecule has 0 aromatic carbocycles. The molecule has 0 spiro atoms. The highest BCUT2D eigenvalue weighted by Crippen LogP contribution is 2.15. The van der Waals surface area contributed by atoms with Crippen molar-refractivity contribution in [3.63, 3.8) is 0 Å². The third kappa shape index (κ3) is 17.4. The van der Waals surface area contributed by atoms with Crippen LogP contribution in [0.5, 0.6) is 0 Å². The summed E-state index contributed by atoms with van der Waals surface area (Å²) >= 11 is 0. The van der Waals surface area contributed by atoms with Crippen molar-refractivity contribution in [1.82, 2.24) is 5.32 Å². The smallest absolute Gasteiger partial charge is 0.0700 e. The molecular formula is C22H46ClNO. The van der Waals surface area contributed by atoms with Gasteiger partial charge in [0, 0.05) is 13.1 Å². The second-order valence-electron chi connectivity index (χ2n) is 7.79. The Morgan fingerprint density at radius 1 is 0.680 bits per heavy atom. The second-order valence-corrected chi connectivity index (χ2v) is 7.79. The van der Waals surface area contributed by atoms with Gasteiger partial charge in [-0.15, -0.1) is 12.4 Å². The zero-order valence-electron chi connectivity index (χ0n) is 17.0. The Balaban J connectivity index is 0.00000576. The fourth-order valence-corrected chi connectivity index (χ4v) is 3.73. The van der Waals surface area contributed by atoms with Gasteiger partial charge in [-0.2, -0.15) is 0 Å². The summed E-state index contributed by atoms with van der Waals surface area (Å²) in [7, 11) is 0. The van der Waals surface area contributed by atoms with E-state index >= 15 is 0 Å². The highest BCUT2D eigenvalue weighted by atomic mass is 35.5. The largest absolute Gasteiger partial charge is 0.376 e. The van der Waals surface area contributed by atoms with Gasteiger partial charge in [0.2, 0.25) is 0 Å². The Morgan fingerprint density at radius 2 is 1.12 bits per heavy atom. The van der Waals surface area contributed by atoms with E-state index in [1.165, 1.54) is 109 Å². The maximum atomic E-state index is 5.74. The number of rotatable bonds is 17. The third-order valence-corrected chi connectivity index (χ3v) is 5.38. The zero-order chi connectivity index (χ0) is 17.1. The van der Waals surface area contributed by atoms with E-state index in [1.54, 1.807) is 0 Å². The number of nitrogens with one attached hydrogen (secondary N) is 1. The van der Waals surface area contributed by atoms with Crippen LogP contribution < -0.4 is 5.32 Å². The van der Waals surface area contributed by atoms with Crippen LogP contribution in [0.1, 0.15) is 116 Å². The molecule has 0 saturated carbocycles. The van der Waals surface area contributed by atoms with E-state index in [9.17, 15) is 0 Å². The summed E-state index contributed by atoms with van der Waals surface area (Å²) in [6.45, 7) is 5.31. The van der Waals surface area contributed by atoms with Gasteiger partial charge in [-0.1, -0.05) is 110 Å². The molecular weight excluding hydrogens is 330 g/mol. The first kappa shape index (κ1) is 25.2. The molecule has 0 amide bonds. The van der Waals surface area contributed by atoms with E-state index in [1.807, 2.05) is 0 Å². The van der Waals surface area contributed by atoms with Crippen molar-refractivity contribution in [2.45, 2.75) is 122 Å². The molecule has 152 valence electrons. The fraction of sp³-hybridized carbons (Fsp3) is 1.00. The number of morpholine rings is 1. The maximum absolute atomic E-state index is 5.74. The number of ether oxygens (including phenoxy) is 1. The van der Waals surface area contributed by atoms with E-state index in [0.29, 0.717) is 6.10 Å². The minimum absolute atomic E-state index is 0. The summed E-state index contributed by atoms with van der Waals surface area (Å²) in [4.78, 5) is 0. The average Bonchev–Trinajstić information content (AvgIpc) is 2.62. The molecule has 0 aromatic heterocycles. The molecule has 0 bridgehead atoms. The highest BCUT2D eigenvalue weighted by molar-refractivity contribution is 5.85. The standard InChI is InChI=1S/C22H45NO.ClH/c1-2-3-4-5-6-7-8-9-10-11-12-13-14-15-16-17-18-22-21-23-19-20-24-22;/h22-23H,2-21H2,1H3;1H. The molecule has 0 radical (unpaired) electrons. The van der Waals surface area contributed by atoms with Gasteiger partial charge >= 0.3 is 0 Å². The first-order chi connectivity index (χ1) is 11.9. The van der Waals surface area contributed by atoms with Gasteiger partial charge < -0.3 is 10.1 Å². The fourth-order valence-electron chi connectivity index (χ4n) is 3.73. The predicted octanol–water partition coefficient (Wildman–Crippen LogP) is 7.05. The lowest BCUT2D eigenvalue weighted by Gasteiger charge is -2.23. The SMILES string of the molecule is CCCCCCCCCCCCCCCCCCC1CNCCO1.Cl. The Labute approximate surface area is 164 Å². The van der Waals surface area contributed by atoms with Crippen LogP contribution in [0.2, 0.25) is 0 Å². The van der Waals surface area contributed by atoms with E-state index < -0.39 is 0 Å². The quantitative estimate of drug-likeness (QED) is 0.275. The van der Waals surface area contributed by atoms with E-state index in [2.05, 4.69) is 12.2 Å². The first-order valence-corrected chi connectivity index (χ1v) is 11.3. The normalized spacial score (nSPS) is 17.4. The van der Waals surface area contributed by atoms with E-state index in [4.69, 9.17) is 4.74 Å². The van der Waals surface area contributed by atoms with Crippen molar-refractivity contribution >= 4 is 12.4 Å². The van der Waals surface area contributed by atoms with Gasteiger partial charge in [0.25, 0.3) is 0 Å². The third-order valence-electron chi connectivity index (χ3n) is 5.38. The van der Waals surface area contributed by atoms with Gasteiger partial charge in [0.05, 0.1) is 12.7 Å². The summed E-state index contributed by atoms with van der Waals surface area (Å²) in [5, 5.41) is 3.41. The molecule has 25 heavy (non-hydrogen) atoms. The van der Waals surface area contributed by atoms with Crippen molar-refractivity contribution < 1.29 is 4.74 Å². The lowest BCUT2D eigenvalue weighted by molar-refractivity contribution is 0.0220. The summed E-state index contributed by atoms with van der Waals surface area (Å²) in [6.07, 6.45) is 24.9. The topological polar surface area (TPSA) is 21.3 Å². The van der Waals surface area contributed by atoms with Gasteiger partial charge in [0.1, 0.15) is 0 Å². The summed E-state index contributed by atoms with van der Waals surface area (Å²) in [5.41, 5.74) is 0. The summed E-state index contributed by atoms with van der Waals surface area (Å²) < 4.78 is 5.74. The molecule has 1 fully saturated rings. The van der Waals surface area contributed by atoms with Gasteiger partial charge in [-0.3, -0.25) is 0 Å².